The number of aromatic nitrogens is 1. The normalized spacial score (nSPS) is 22.9. The van der Waals surface area contributed by atoms with Crippen LogP contribution in [-0.4, -0.2) is 67.0 Å². The van der Waals surface area contributed by atoms with E-state index in [1.807, 2.05) is 47.4 Å². The number of likely N-dealkylation sites (N-methyl/N-ethyl adjacent to an activating group) is 1. The summed E-state index contributed by atoms with van der Waals surface area (Å²) in [6, 6.07) is 13.2. The van der Waals surface area contributed by atoms with Gasteiger partial charge >= 0.3 is 0 Å². The first-order valence-corrected chi connectivity index (χ1v) is 11.5. The van der Waals surface area contributed by atoms with Crippen LogP contribution in [0.15, 0.2) is 48.7 Å². The summed E-state index contributed by atoms with van der Waals surface area (Å²) in [5.41, 5.74) is 0.175. The summed E-state index contributed by atoms with van der Waals surface area (Å²) >= 11 is 6.12. The van der Waals surface area contributed by atoms with E-state index in [0.717, 1.165) is 17.7 Å². The lowest BCUT2D eigenvalue weighted by atomic mass is 9.70. The molecule has 0 radical (unpaired) electrons. The molecule has 4 rings (SSSR count). The van der Waals surface area contributed by atoms with Gasteiger partial charge in [-0.05, 0) is 55.5 Å². The van der Waals surface area contributed by atoms with Crippen LogP contribution in [0.5, 0.6) is 0 Å². The molecule has 2 aliphatic heterocycles. The number of nitrogens with zero attached hydrogens (tertiary/aromatic N) is 3. The smallest absolute Gasteiger partial charge is 0.236 e. The van der Waals surface area contributed by atoms with E-state index in [1.54, 1.807) is 25.2 Å². The Morgan fingerprint density at radius 2 is 1.75 bits per heavy atom. The SMILES string of the molecule is CN(C)C(=O)C1(c2ccccn2)CCCN(C(=O)C2(c3ccc(Cl)cc3)CCOCC2)C1. The van der Waals surface area contributed by atoms with Gasteiger partial charge < -0.3 is 14.5 Å². The Morgan fingerprint density at radius 3 is 2.38 bits per heavy atom. The predicted molar refractivity (Wildman–Crippen MR) is 124 cm³/mol. The Hall–Kier alpha value is -2.44. The molecule has 0 saturated carbocycles. The fourth-order valence-corrected chi connectivity index (χ4v) is 5.34. The summed E-state index contributed by atoms with van der Waals surface area (Å²) in [6.45, 7) is 2.02. The Morgan fingerprint density at radius 1 is 1.03 bits per heavy atom. The first kappa shape index (κ1) is 22.7. The zero-order valence-electron chi connectivity index (χ0n) is 18.7. The topological polar surface area (TPSA) is 62.7 Å². The Labute approximate surface area is 194 Å². The van der Waals surface area contributed by atoms with Crippen molar-refractivity contribution in [2.45, 2.75) is 36.5 Å². The number of hydrogen-bond acceptors (Lipinski definition) is 4. The van der Waals surface area contributed by atoms with E-state index in [4.69, 9.17) is 16.3 Å². The van der Waals surface area contributed by atoms with Gasteiger partial charge in [-0.1, -0.05) is 29.8 Å². The van der Waals surface area contributed by atoms with Crippen molar-refractivity contribution in [3.05, 3.63) is 64.9 Å². The number of rotatable bonds is 4. The second kappa shape index (κ2) is 9.20. The molecule has 7 heteroatoms. The molecule has 3 heterocycles. The fourth-order valence-electron chi connectivity index (χ4n) is 5.21. The van der Waals surface area contributed by atoms with Crippen molar-refractivity contribution in [2.24, 2.45) is 0 Å². The molecule has 1 atom stereocenters. The maximum atomic E-state index is 14.2. The van der Waals surface area contributed by atoms with Crippen molar-refractivity contribution in [1.82, 2.24) is 14.8 Å². The van der Waals surface area contributed by atoms with Gasteiger partial charge in [0.25, 0.3) is 0 Å². The Bertz CT molecular complexity index is 958. The van der Waals surface area contributed by atoms with Gasteiger partial charge in [-0.3, -0.25) is 14.6 Å². The van der Waals surface area contributed by atoms with Gasteiger partial charge in [0, 0.05) is 51.6 Å². The maximum absolute atomic E-state index is 14.2. The van der Waals surface area contributed by atoms with Crippen molar-refractivity contribution < 1.29 is 14.3 Å². The Kier molecular flexibility index (Phi) is 6.54. The van der Waals surface area contributed by atoms with E-state index in [2.05, 4.69) is 4.98 Å². The lowest BCUT2D eigenvalue weighted by Gasteiger charge is -2.46. The van der Waals surface area contributed by atoms with Gasteiger partial charge in [-0.2, -0.15) is 0 Å². The third-order valence-electron chi connectivity index (χ3n) is 6.90. The van der Waals surface area contributed by atoms with E-state index in [1.165, 1.54) is 0 Å². The molecular formula is C25H30ClN3O3. The van der Waals surface area contributed by atoms with Crippen LogP contribution in [0, 0.1) is 0 Å². The first-order valence-electron chi connectivity index (χ1n) is 11.2. The fraction of sp³-hybridized carbons (Fsp3) is 0.480. The molecule has 170 valence electrons. The molecule has 6 nitrogen and oxygen atoms in total. The third-order valence-corrected chi connectivity index (χ3v) is 7.15. The molecule has 0 bridgehead atoms. The quantitative estimate of drug-likeness (QED) is 0.708. The number of likely N-dealkylation sites (tertiary alicyclic amines) is 1. The summed E-state index contributed by atoms with van der Waals surface area (Å²) in [5, 5.41) is 0.645. The second-order valence-corrected chi connectivity index (χ2v) is 9.46. The summed E-state index contributed by atoms with van der Waals surface area (Å²) < 4.78 is 5.62. The molecule has 0 spiro atoms. The summed E-state index contributed by atoms with van der Waals surface area (Å²) in [4.78, 5) is 35.7. The number of amides is 2. The van der Waals surface area contributed by atoms with Gasteiger partial charge in [-0.15, -0.1) is 0 Å². The molecule has 2 fully saturated rings. The van der Waals surface area contributed by atoms with Crippen molar-refractivity contribution in [1.29, 1.82) is 0 Å². The number of hydrogen-bond donors (Lipinski definition) is 0. The highest BCUT2D eigenvalue weighted by Gasteiger charge is 2.51. The van der Waals surface area contributed by atoms with Crippen LogP contribution in [-0.2, 0) is 25.2 Å². The lowest BCUT2D eigenvalue weighted by molar-refractivity contribution is -0.147. The molecule has 2 saturated heterocycles. The standard InChI is InChI=1S/C25H30ClN3O3/c1-28(2)22(30)25(21-6-3-4-14-27-21)11-5-15-29(18-25)23(31)24(12-16-32-17-13-24)19-7-9-20(26)10-8-19/h3-4,6-10,14H,5,11-13,15-18H2,1-2H3. The number of carbonyl (C=O) groups excluding carboxylic acids is 2. The highest BCUT2D eigenvalue weighted by molar-refractivity contribution is 6.30. The number of piperidine rings is 1. The molecule has 2 amide bonds. The van der Waals surface area contributed by atoms with E-state index in [-0.39, 0.29) is 11.8 Å². The summed E-state index contributed by atoms with van der Waals surface area (Å²) in [7, 11) is 3.53. The number of carbonyl (C=O) groups is 2. The maximum Gasteiger partial charge on any atom is 0.236 e. The van der Waals surface area contributed by atoms with Crippen molar-refractivity contribution in [2.75, 3.05) is 40.4 Å². The van der Waals surface area contributed by atoms with Crippen LogP contribution >= 0.6 is 11.6 Å². The predicted octanol–water partition coefficient (Wildman–Crippen LogP) is 3.43. The molecule has 2 aliphatic rings. The summed E-state index contributed by atoms with van der Waals surface area (Å²) in [6.07, 6.45) is 4.36. The van der Waals surface area contributed by atoms with E-state index in [9.17, 15) is 9.59 Å². The highest BCUT2D eigenvalue weighted by atomic mass is 35.5. The van der Waals surface area contributed by atoms with Crippen molar-refractivity contribution in [3.63, 3.8) is 0 Å². The van der Waals surface area contributed by atoms with Gasteiger partial charge in [0.05, 0.1) is 11.1 Å². The van der Waals surface area contributed by atoms with Gasteiger partial charge in [0.15, 0.2) is 0 Å². The zero-order valence-corrected chi connectivity index (χ0v) is 19.5. The number of halogens is 1. The molecule has 1 unspecified atom stereocenters. The minimum Gasteiger partial charge on any atom is -0.381 e. The zero-order chi connectivity index (χ0) is 22.8. The average molecular weight is 456 g/mol. The van der Waals surface area contributed by atoms with Crippen LogP contribution in [0.4, 0.5) is 0 Å². The molecule has 1 aromatic heterocycles. The highest BCUT2D eigenvalue weighted by Crippen LogP contribution is 2.41. The van der Waals surface area contributed by atoms with Gasteiger partial charge in [-0.25, -0.2) is 0 Å². The minimum atomic E-state index is -0.842. The van der Waals surface area contributed by atoms with E-state index in [0.29, 0.717) is 50.6 Å². The van der Waals surface area contributed by atoms with E-state index >= 15 is 0 Å². The first-order chi connectivity index (χ1) is 15.4. The number of benzene rings is 1. The summed E-state index contributed by atoms with van der Waals surface area (Å²) in [5.74, 6) is 0.0518. The van der Waals surface area contributed by atoms with Crippen LogP contribution < -0.4 is 0 Å². The molecule has 0 N–H and O–H groups in total. The largest absolute Gasteiger partial charge is 0.381 e. The third kappa shape index (κ3) is 4.02. The Balaban J connectivity index is 1.72. The van der Waals surface area contributed by atoms with Crippen LogP contribution in [0.3, 0.4) is 0 Å². The lowest BCUT2D eigenvalue weighted by Crippen LogP contribution is -2.59. The van der Waals surface area contributed by atoms with Gasteiger partial charge in [0.2, 0.25) is 11.8 Å². The molecule has 1 aromatic carbocycles. The van der Waals surface area contributed by atoms with Crippen molar-refractivity contribution >= 4 is 23.4 Å². The van der Waals surface area contributed by atoms with Crippen molar-refractivity contribution in [3.8, 4) is 0 Å². The van der Waals surface area contributed by atoms with E-state index < -0.39 is 10.8 Å². The molecule has 0 aliphatic carbocycles. The average Bonchev–Trinajstić information content (AvgIpc) is 2.84. The molecule has 2 aromatic rings. The van der Waals surface area contributed by atoms with Crippen LogP contribution in [0.1, 0.15) is 36.9 Å². The van der Waals surface area contributed by atoms with Gasteiger partial charge in [0.1, 0.15) is 5.41 Å². The minimum absolute atomic E-state index is 0.0128. The van der Waals surface area contributed by atoms with Crippen LogP contribution in [0.25, 0.3) is 0 Å². The number of ether oxygens (including phenoxy) is 1. The molecule has 32 heavy (non-hydrogen) atoms. The number of pyridine rings is 1. The monoisotopic (exact) mass is 455 g/mol. The molecular weight excluding hydrogens is 426 g/mol. The van der Waals surface area contributed by atoms with Crippen LogP contribution in [0.2, 0.25) is 5.02 Å². The second-order valence-electron chi connectivity index (χ2n) is 9.03.